The Morgan fingerprint density at radius 2 is 1.50 bits per heavy atom. The number of hydrogen-bond donors (Lipinski definition) is 0. The molecule has 5 aromatic rings. The zero-order valence-electron chi connectivity index (χ0n) is 17.0. The predicted octanol–water partition coefficient (Wildman–Crippen LogP) is 5.81. The maximum atomic E-state index is 13.7. The molecular formula is C25H21NO3S. The van der Waals surface area contributed by atoms with Crippen LogP contribution in [0.5, 0.6) is 5.75 Å². The first-order chi connectivity index (χ1) is 14.4. The molecule has 0 atom stereocenters. The van der Waals surface area contributed by atoms with Crippen LogP contribution in [-0.2, 0) is 10.0 Å². The maximum Gasteiger partial charge on any atom is 0.268 e. The number of ether oxygens (including phenoxy) is 1. The van der Waals surface area contributed by atoms with Gasteiger partial charge in [0, 0.05) is 10.8 Å². The van der Waals surface area contributed by atoms with E-state index in [0.29, 0.717) is 16.8 Å². The second kappa shape index (κ2) is 6.61. The van der Waals surface area contributed by atoms with E-state index in [-0.39, 0.29) is 4.90 Å². The zero-order valence-corrected chi connectivity index (χ0v) is 17.8. The van der Waals surface area contributed by atoms with Gasteiger partial charge in [0.15, 0.2) is 0 Å². The van der Waals surface area contributed by atoms with Gasteiger partial charge in [0.05, 0.1) is 23.0 Å². The number of methoxy groups -OCH3 is 1. The quantitative estimate of drug-likeness (QED) is 0.374. The van der Waals surface area contributed by atoms with Gasteiger partial charge in [-0.3, -0.25) is 0 Å². The molecular weight excluding hydrogens is 394 g/mol. The molecule has 30 heavy (non-hydrogen) atoms. The third-order valence-corrected chi connectivity index (χ3v) is 7.37. The van der Waals surface area contributed by atoms with Crippen molar-refractivity contribution in [3.63, 3.8) is 0 Å². The highest BCUT2D eigenvalue weighted by atomic mass is 32.2. The van der Waals surface area contributed by atoms with Gasteiger partial charge < -0.3 is 4.74 Å². The summed E-state index contributed by atoms with van der Waals surface area (Å²) < 4.78 is 34.2. The number of fused-ring (bicyclic) bond motifs is 4. The van der Waals surface area contributed by atoms with Gasteiger partial charge in [-0.2, -0.15) is 0 Å². The minimum absolute atomic E-state index is 0.264. The largest absolute Gasteiger partial charge is 0.497 e. The summed E-state index contributed by atoms with van der Waals surface area (Å²) in [6, 6.07) is 22.4. The van der Waals surface area contributed by atoms with E-state index >= 15 is 0 Å². The summed E-state index contributed by atoms with van der Waals surface area (Å²) in [6.45, 7) is 4.13. The van der Waals surface area contributed by atoms with E-state index in [0.717, 1.165) is 27.1 Å². The minimum Gasteiger partial charge on any atom is -0.497 e. The molecule has 1 heterocycles. The fraction of sp³-hybridized carbons (Fsp3) is 0.120. The van der Waals surface area contributed by atoms with E-state index in [1.165, 1.54) is 9.54 Å². The number of hydrogen-bond acceptors (Lipinski definition) is 3. The summed E-state index contributed by atoms with van der Waals surface area (Å²) >= 11 is 0. The van der Waals surface area contributed by atoms with Crippen LogP contribution in [0.1, 0.15) is 11.1 Å². The van der Waals surface area contributed by atoms with Crippen molar-refractivity contribution in [3.8, 4) is 5.75 Å². The van der Waals surface area contributed by atoms with Crippen LogP contribution in [0.2, 0.25) is 0 Å². The van der Waals surface area contributed by atoms with Crippen LogP contribution in [0.4, 0.5) is 0 Å². The monoisotopic (exact) mass is 415 g/mol. The third-order valence-electron chi connectivity index (χ3n) is 5.63. The van der Waals surface area contributed by atoms with E-state index in [4.69, 9.17) is 4.74 Å². The molecule has 0 amide bonds. The molecule has 5 heteroatoms. The molecule has 0 aliphatic heterocycles. The Balaban J connectivity index is 1.99. The van der Waals surface area contributed by atoms with Crippen LogP contribution >= 0.6 is 0 Å². The number of benzene rings is 4. The van der Waals surface area contributed by atoms with E-state index < -0.39 is 10.0 Å². The van der Waals surface area contributed by atoms with Gasteiger partial charge in [0.25, 0.3) is 10.0 Å². The molecule has 0 radical (unpaired) electrons. The lowest BCUT2D eigenvalue weighted by Crippen LogP contribution is -2.12. The third kappa shape index (κ3) is 2.70. The molecule has 0 aliphatic rings. The van der Waals surface area contributed by atoms with Crippen LogP contribution in [0.3, 0.4) is 0 Å². The Bertz CT molecular complexity index is 1550. The van der Waals surface area contributed by atoms with Crippen LogP contribution in [0, 0.1) is 13.8 Å². The molecule has 4 aromatic carbocycles. The lowest BCUT2D eigenvalue weighted by Gasteiger charge is -2.11. The van der Waals surface area contributed by atoms with Gasteiger partial charge in [-0.25, -0.2) is 12.4 Å². The summed E-state index contributed by atoms with van der Waals surface area (Å²) in [6.07, 6.45) is 0. The van der Waals surface area contributed by atoms with Crippen molar-refractivity contribution in [2.75, 3.05) is 7.11 Å². The molecule has 4 nitrogen and oxygen atoms in total. The minimum atomic E-state index is -3.78. The highest BCUT2D eigenvalue weighted by Gasteiger charge is 2.24. The number of rotatable bonds is 3. The maximum absolute atomic E-state index is 13.7. The molecule has 1 aromatic heterocycles. The summed E-state index contributed by atoms with van der Waals surface area (Å²) in [5.74, 6) is 0.694. The number of aryl methyl sites for hydroxylation is 2. The van der Waals surface area contributed by atoms with Crippen molar-refractivity contribution in [1.82, 2.24) is 3.97 Å². The van der Waals surface area contributed by atoms with Gasteiger partial charge in [0.2, 0.25) is 0 Å². The average Bonchev–Trinajstić information content (AvgIpc) is 3.06. The molecule has 150 valence electrons. The molecule has 0 fully saturated rings. The fourth-order valence-electron chi connectivity index (χ4n) is 4.28. The fourth-order valence-corrected chi connectivity index (χ4v) is 5.82. The molecule has 0 unspecified atom stereocenters. The van der Waals surface area contributed by atoms with Gasteiger partial charge in [-0.15, -0.1) is 0 Å². The van der Waals surface area contributed by atoms with Crippen molar-refractivity contribution in [1.29, 1.82) is 0 Å². The highest BCUT2D eigenvalue weighted by Crippen LogP contribution is 2.37. The van der Waals surface area contributed by atoms with Crippen molar-refractivity contribution in [2.24, 2.45) is 0 Å². The average molecular weight is 416 g/mol. The first kappa shape index (κ1) is 18.7. The Labute approximate surface area is 175 Å². The molecule has 0 N–H and O–H groups in total. The van der Waals surface area contributed by atoms with Crippen molar-refractivity contribution < 1.29 is 13.2 Å². The Kier molecular flexibility index (Phi) is 4.12. The van der Waals surface area contributed by atoms with Crippen LogP contribution in [-0.4, -0.2) is 19.5 Å². The second-order valence-corrected chi connectivity index (χ2v) is 9.42. The van der Waals surface area contributed by atoms with E-state index in [2.05, 4.69) is 32.0 Å². The van der Waals surface area contributed by atoms with Crippen LogP contribution in [0.15, 0.2) is 77.7 Å². The Hall–Kier alpha value is -3.31. The lowest BCUT2D eigenvalue weighted by atomic mass is 10.00. The highest BCUT2D eigenvalue weighted by molar-refractivity contribution is 7.90. The molecule has 0 saturated carbocycles. The Morgan fingerprint density at radius 3 is 2.23 bits per heavy atom. The number of aromatic nitrogens is 1. The predicted molar refractivity (Wildman–Crippen MR) is 122 cm³/mol. The molecule has 0 saturated heterocycles. The van der Waals surface area contributed by atoms with Crippen LogP contribution < -0.4 is 4.74 Å². The van der Waals surface area contributed by atoms with Crippen molar-refractivity contribution in [2.45, 2.75) is 18.7 Å². The van der Waals surface area contributed by atoms with Gasteiger partial charge in [-0.05, 0) is 72.6 Å². The van der Waals surface area contributed by atoms with Gasteiger partial charge in [-0.1, -0.05) is 35.9 Å². The lowest BCUT2D eigenvalue weighted by molar-refractivity contribution is 0.415. The van der Waals surface area contributed by atoms with Crippen molar-refractivity contribution in [3.05, 3.63) is 83.9 Å². The first-order valence-corrected chi connectivity index (χ1v) is 11.2. The first-order valence-electron chi connectivity index (χ1n) is 9.74. The summed E-state index contributed by atoms with van der Waals surface area (Å²) in [5, 5.41) is 3.89. The van der Waals surface area contributed by atoms with Crippen molar-refractivity contribution >= 4 is 42.6 Å². The van der Waals surface area contributed by atoms with E-state index in [9.17, 15) is 8.42 Å². The molecule has 0 aliphatic carbocycles. The van der Waals surface area contributed by atoms with E-state index in [1.54, 1.807) is 37.4 Å². The summed E-state index contributed by atoms with van der Waals surface area (Å²) in [5.41, 5.74) is 3.61. The number of nitrogens with zero attached hydrogens (tertiary/aromatic N) is 1. The van der Waals surface area contributed by atoms with Gasteiger partial charge >= 0.3 is 0 Å². The second-order valence-electron chi connectivity index (χ2n) is 7.64. The standard InChI is InChI=1S/C25H21NO3S/c1-16-11-17(2)21-15-25-22(13-18(21)12-16)23-14-19(29-3)9-10-24(23)26(25)30(27,28)20-7-5-4-6-8-20/h4-15H,1-3H3. The van der Waals surface area contributed by atoms with Crippen LogP contribution in [0.25, 0.3) is 32.6 Å². The summed E-state index contributed by atoms with van der Waals surface area (Å²) in [4.78, 5) is 0.264. The zero-order chi connectivity index (χ0) is 21.0. The molecule has 0 bridgehead atoms. The Morgan fingerprint density at radius 1 is 0.767 bits per heavy atom. The molecule has 0 spiro atoms. The molecule has 5 rings (SSSR count). The van der Waals surface area contributed by atoms with Gasteiger partial charge in [0.1, 0.15) is 5.75 Å². The SMILES string of the molecule is COc1ccc2c(c1)c1cc3cc(C)cc(C)c3cc1n2S(=O)(=O)c1ccccc1. The summed E-state index contributed by atoms with van der Waals surface area (Å²) in [7, 11) is -2.17. The van der Waals surface area contributed by atoms with E-state index in [1.807, 2.05) is 24.3 Å². The topological polar surface area (TPSA) is 48.3 Å². The normalized spacial score (nSPS) is 12.1. The smallest absolute Gasteiger partial charge is 0.268 e.